The highest BCUT2D eigenvalue weighted by Gasteiger charge is 2.50. The molecule has 0 atom stereocenters. The number of carbonyl (C=O) groups excluding carboxylic acids is 1. The largest absolute Gasteiger partial charge is 0.497 e. The van der Waals surface area contributed by atoms with E-state index >= 15 is 0 Å². The van der Waals surface area contributed by atoms with Crippen molar-refractivity contribution in [3.63, 3.8) is 0 Å². The first-order chi connectivity index (χ1) is 8.98. The molecule has 1 aliphatic rings. The summed E-state index contributed by atoms with van der Waals surface area (Å²) in [7, 11) is 1.40. The smallest absolute Gasteiger partial charge is 0.311 e. The van der Waals surface area contributed by atoms with E-state index in [2.05, 4.69) is 5.32 Å². The van der Waals surface area contributed by atoms with E-state index in [9.17, 15) is 14.0 Å². The summed E-state index contributed by atoms with van der Waals surface area (Å²) in [5, 5.41) is 11.4. The Bertz CT molecular complexity index is 525. The maximum atomic E-state index is 13.6. The van der Waals surface area contributed by atoms with Crippen LogP contribution in [0.25, 0.3) is 0 Å². The van der Waals surface area contributed by atoms with Crippen molar-refractivity contribution in [2.24, 2.45) is 5.41 Å². The van der Waals surface area contributed by atoms with Gasteiger partial charge in [0.2, 0.25) is 0 Å². The lowest BCUT2D eigenvalue weighted by atomic mass is 10.1. The molecule has 0 aliphatic heterocycles. The van der Waals surface area contributed by atoms with Crippen LogP contribution in [0.2, 0.25) is 0 Å². The first-order valence-corrected chi connectivity index (χ1v) is 5.84. The van der Waals surface area contributed by atoms with Crippen molar-refractivity contribution >= 4 is 11.9 Å². The molecule has 1 aliphatic carbocycles. The highest BCUT2D eigenvalue weighted by atomic mass is 19.1. The fraction of sp³-hybridized carbons (Fsp3) is 0.385. The van der Waals surface area contributed by atoms with Gasteiger partial charge < -0.3 is 15.2 Å². The lowest BCUT2D eigenvalue weighted by molar-refractivity contribution is -0.143. The number of carbonyl (C=O) groups is 2. The van der Waals surface area contributed by atoms with Gasteiger partial charge in [0.25, 0.3) is 5.91 Å². The molecular formula is C13H14FNO4. The zero-order chi connectivity index (χ0) is 14.0. The Hall–Kier alpha value is -2.11. The minimum Gasteiger partial charge on any atom is -0.497 e. The monoisotopic (exact) mass is 267 g/mol. The van der Waals surface area contributed by atoms with E-state index in [0.29, 0.717) is 18.6 Å². The standard InChI is InChI=1S/C13H14FNO4/c1-19-8-2-3-9(10(14)6-8)11(16)15-7-13(4-5-13)12(17)18/h2-3,6H,4-5,7H2,1H3,(H,15,16)(H,17,18). The summed E-state index contributed by atoms with van der Waals surface area (Å²) in [4.78, 5) is 22.7. The second-order valence-corrected chi connectivity index (χ2v) is 4.61. The van der Waals surface area contributed by atoms with Gasteiger partial charge in [-0.2, -0.15) is 0 Å². The SMILES string of the molecule is COc1ccc(C(=O)NCC2(C(=O)O)CC2)c(F)c1. The van der Waals surface area contributed by atoms with E-state index < -0.39 is 23.1 Å². The summed E-state index contributed by atoms with van der Waals surface area (Å²) in [5.41, 5.74) is -0.986. The van der Waals surface area contributed by atoms with Gasteiger partial charge in [-0.1, -0.05) is 0 Å². The number of ether oxygens (including phenoxy) is 1. The minimum absolute atomic E-state index is 0.0205. The van der Waals surface area contributed by atoms with Crippen LogP contribution in [0.3, 0.4) is 0 Å². The van der Waals surface area contributed by atoms with Crippen LogP contribution < -0.4 is 10.1 Å². The average Bonchev–Trinajstić information content (AvgIpc) is 3.17. The van der Waals surface area contributed by atoms with Crippen molar-refractivity contribution in [1.82, 2.24) is 5.32 Å². The van der Waals surface area contributed by atoms with Gasteiger partial charge in [-0.05, 0) is 25.0 Å². The Balaban J connectivity index is 2.02. The third kappa shape index (κ3) is 2.67. The molecule has 1 amide bonds. The molecule has 1 aromatic carbocycles. The normalized spacial score (nSPS) is 15.7. The molecule has 1 aromatic rings. The van der Waals surface area contributed by atoms with Gasteiger partial charge in [-0.25, -0.2) is 4.39 Å². The third-order valence-electron chi connectivity index (χ3n) is 3.32. The zero-order valence-corrected chi connectivity index (χ0v) is 10.4. The molecule has 102 valence electrons. The van der Waals surface area contributed by atoms with E-state index in [1.807, 2.05) is 0 Å². The van der Waals surface area contributed by atoms with E-state index in [1.54, 1.807) is 0 Å². The van der Waals surface area contributed by atoms with Crippen molar-refractivity contribution in [2.75, 3.05) is 13.7 Å². The molecule has 0 bridgehead atoms. The number of hydrogen-bond donors (Lipinski definition) is 2. The first kappa shape index (κ1) is 13.3. The van der Waals surface area contributed by atoms with Crippen molar-refractivity contribution in [3.05, 3.63) is 29.6 Å². The summed E-state index contributed by atoms with van der Waals surface area (Å²) in [5.74, 6) is -1.93. The Morgan fingerprint density at radius 1 is 1.47 bits per heavy atom. The molecule has 19 heavy (non-hydrogen) atoms. The minimum atomic E-state index is -0.928. The maximum Gasteiger partial charge on any atom is 0.311 e. The summed E-state index contributed by atoms with van der Waals surface area (Å²) in [6.45, 7) is 0.0205. The Labute approximate surface area is 109 Å². The van der Waals surface area contributed by atoms with Crippen LogP contribution in [0, 0.1) is 11.2 Å². The summed E-state index contributed by atoms with van der Waals surface area (Å²) in [6, 6.07) is 3.89. The van der Waals surface area contributed by atoms with Crippen LogP contribution in [0.5, 0.6) is 5.75 Å². The number of halogens is 1. The van der Waals surface area contributed by atoms with E-state index in [4.69, 9.17) is 9.84 Å². The van der Waals surface area contributed by atoms with E-state index in [1.165, 1.54) is 19.2 Å². The quantitative estimate of drug-likeness (QED) is 0.846. The molecular weight excluding hydrogens is 253 g/mol. The maximum absolute atomic E-state index is 13.6. The summed E-state index contributed by atoms with van der Waals surface area (Å²) in [6.07, 6.45) is 1.07. The molecule has 0 saturated heterocycles. The molecule has 0 aromatic heterocycles. The number of benzene rings is 1. The molecule has 6 heteroatoms. The highest BCUT2D eigenvalue weighted by Crippen LogP contribution is 2.45. The van der Waals surface area contributed by atoms with Gasteiger partial charge in [0.15, 0.2) is 0 Å². The molecule has 1 fully saturated rings. The highest BCUT2D eigenvalue weighted by molar-refractivity contribution is 5.95. The van der Waals surface area contributed by atoms with Gasteiger partial charge in [-0.3, -0.25) is 9.59 Å². The lowest BCUT2D eigenvalue weighted by Crippen LogP contribution is -2.34. The number of carboxylic acid groups (broad SMARTS) is 1. The number of aliphatic carboxylic acids is 1. The number of carboxylic acids is 1. The van der Waals surface area contributed by atoms with Crippen LogP contribution in [0.4, 0.5) is 4.39 Å². The molecule has 0 spiro atoms. The van der Waals surface area contributed by atoms with Crippen molar-refractivity contribution < 1.29 is 23.8 Å². The molecule has 2 rings (SSSR count). The van der Waals surface area contributed by atoms with Crippen molar-refractivity contribution in [3.8, 4) is 5.75 Å². The van der Waals surface area contributed by atoms with Crippen LogP contribution >= 0.6 is 0 Å². The van der Waals surface area contributed by atoms with Gasteiger partial charge in [0, 0.05) is 12.6 Å². The van der Waals surface area contributed by atoms with Crippen LogP contribution in [-0.4, -0.2) is 30.6 Å². The molecule has 5 nitrogen and oxygen atoms in total. The lowest BCUT2D eigenvalue weighted by Gasteiger charge is -2.11. The van der Waals surface area contributed by atoms with Gasteiger partial charge in [-0.15, -0.1) is 0 Å². The molecule has 0 unspecified atom stereocenters. The predicted molar refractivity (Wildman–Crippen MR) is 64.6 cm³/mol. The first-order valence-electron chi connectivity index (χ1n) is 5.84. The van der Waals surface area contributed by atoms with Crippen LogP contribution in [-0.2, 0) is 4.79 Å². The van der Waals surface area contributed by atoms with Crippen molar-refractivity contribution in [1.29, 1.82) is 0 Å². The van der Waals surface area contributed by atoms with Crippen LogP contribution in [0.1, 0.15) is 23.2 Å². The third-order valence-corrected chi connectivity index (χ3v) is 3.32. The summed E-state index contributed by atoms with van der Waals surface area (Å²) >= 11 is 0. The topological polar surface area (TPSA) is 75.6 Å². The number of amides is 1. The molecule has 2 N–H and O–H groups in total. The number of nitrogens with one attached hydrogen (secondary N) is 1. The van der Waals surface area contributed by atoms with Gasteiger partial charge >= 0.3 is 5.97 Å². The fourth-order valence-electron chi connectivity index (χ4n) is 1.77. The second-order valence-electron chi connectivity index (χ2n) is 4.61. The number of hydrogen-bond acceptors (Lipinski definition) is 3. The van der Waals surface area contributed by atoms with E-state index in [-0.39, 0.29) is 12.1 Å². The van der Waals surface area contributed by atoms with Crippen molar-refractivity contribution in [2.45, 2.75) is 12.8 Å². The van der Waals surface area contributed by atoms with E-state index in [0.717, 1.165) is 6.07 Å². The van der Waals surface area contributed by atoms with Gasteiger partial charge in [0.05, 0.1) is 18.1 Å². The Morgan fingerprint density at radius 2 is 2.16 bits per heavy atom. The Kier molecular flexibility index (Phi) is 3.42. The Morgan fingerprint density at radius 3 is 2.63 bits per heavy atom. The van der Waals surface area contributed by atoms with Crippen LogP contribution in [0.15, 0.2) is 18.2 Å². The summed E-state index contributed by atoms with van der Waals surface area (Å²) < 4.78 is 18.5. The second kappa shape index (κ2) is 4.87. The molecule has 0 radical (unpaired) electrons. The predicted octanol–water partition coefficient (Wildman–Crippen LogP) is 1.43. The van der Waals surface area contributed by atoms with Gasteiger partial charge in [0.1, 0.15) is 11.6 Å². The number of methoxy groups -OCH3 is 1. The zero-order valence-electron chi connectivity index (χ0n) is 10.4. The average molecular weight is 267 g/mol. The fourth-order valence-corrected chi connectivity index (χ4v) is 1.77. The molecule has 1 saturated carbocycles. The number of rotatable bonds is 5. The molecule has 0 heterocycles.